The largest absolute Gasteiger partial charge is 0.481 e. The number of thioether (sulfide) groups is 2. The third-order valence-electron chi connectivity index (χ3n) is 3.42. The lowest BCUT2D eigenvalue weighted by atomic mass is 10.1. The Morgan fingerprint density at radius 3 is 2.70 bits per heavy atom. The van der Waals surface area contributed by atoms with Crippen LogP contribution in [-0.2, 0) is 20.8 Å². The van der Waals surface area contributed by atoms with Gasteiger partial charge in [-0.05, 0) is 18.1 Å². The number of amides is 1. The summed E-state index contributed by atoms with van der Waals surface area (Å²) < 4.78 is 0. The Hall–Kier alpha value is -1.67. The molecular weight excluding hydrogens is 338 g/mol. The second-order valence-electron chi connectivity index (χ2n) is 5.01. The average molecular weight is 355 g/mol. The molecule has 1 atom stereocenters. The highest BCUT2D eigenvalue weighted by molar-refractivity contribution is 8.00. The van der Waals surface area contributed by atoms with Crippen molar-refractivity contribution in [3.8, 4) is 0 Å². The van der Waals surface area contributed by atoms with Crippen molar-refractivity contribution < 1.29 is 24.6 Å². The van der Waals surface area contributed by atoms with Gasteiger partial charge in [-0.25, -0.2) is 4.79 Å². The van der Waals surface area contributed by atoms with Crippen LogP contribution < -0.4 is 0 Å². The van der Waals surface area contributed by atoms with E-state index in [-0.39, 0.29) is 18.1 Å². The highest BCUT2D eigenvalue weighted by Gasteiger charge is 2.34. The van der Waals surface area contributed by atoms with Gasteiger partial charge in [0, 0.05) is 17.1 Å². The Morgan fingerprint density at radius 2 is 2.00 bits per heavy atom. The highest BCUT2D eigenvalue weighted by atomic mass is 32.2. The number of nitrogens with zero attached hydrogens (tertiary/aromatic N) is 1. The lowest BCUT2D eigenvalue weighted by molar-refractivity contribution is -0.147. The Bertz CT molecular complexity index is 607. The van der Waals surface area contributed by atoms with Gasteiger partial charge in [-0.2, -0.15) is 0 Å². The molecule has 1 heterocycles. The molecule has 1 fully saturated rings. The summed E-state index contributed by atoms with van der Waals surface area (Å²) in [5, 5.41) is 17.9. The van der Waals surface area contributed by atoms with Gasteiger partial charge in [0.25, 0.3) is 0 Å². The summed E-state index contributed by atoms with van der Waals surface area (Å²) in [5.74, 6) is -1.24. The van der Waals surface area contributed by atoms with Crippen LogP contribution in [0.5, 0.6) is 0 Å². The van der Waals surface area contributed by atoms with Gasteiger partial charge in [-0.1, -0.05) is 18.2 Å². The normalized spacial score (nSPS) is 17.2. The molecule has 1 aliphatic rings. The molecule has 1 aromatic carbocycles. The number of aryl methyl sites for hydroxylation is 1. The van der Waals surface area contributed by atoms with Gasteiger partial charge < -0.3 is 15.1 Å². The molecule has 0 bridgehead atoms. The Kier molecular flexibility index (Phi) is 6.35. The van der Waals surface area contributed by atoms with Crippen molar-refractivity contribution in [2.75, 3.05) is 17.4 Å². The van der Waals surface area contributed by atoms with E-state index in [0.29, 0.717) is 18.1 Å². The maximum atomic E-state index is 12.3. The fourth-order valence-corrected chi connectivity index (χ4v) is 4.25. The summed E-state index contributed by atoms with van der Waals surface area (Å²) in [6.45, 7) is 0. The van der Waals surface area contributed by atoms with E-state index >= 15 is 0 Å². The summed E-state index contributed by atoms with van der Waals surface area (Å²) in [4.78, 5) is 36.3. The summed E-state index contributed by atoms with van der Waals surface area (Å²) in [5.41, 5.74) is 0.908. The number of rotatable bonds is 7. The summed E-state index contributed by atoms with van der Waals surface area (Å²) in [6, 6.07) is 6.62. The smallest absolute Gasteiger partial charge is 0.327 e. The molecule has 0 saturated carbocycles. The van der Waals surface area contributed by atoms with E-state index in [0.717, 1.165) is 10.5 Å². The van der Waals surface area contributed by atoms with Gasteiger partial charge in [0.2, 0.25) is 5.91 Å². The Morgan fingerprint density at radius 1 is 1.26 bits per heavy atom. The lowest BCUT2D eigenvalue weighted by Crippen LogP contribution is -2.41. The molecule has 0 aromatic heterocycles. The van der Waals surface area contributed by atoms with E-state index in [1.165, 1.54) is 28.4 Å². The van der Waals surface area contributed by atoms with Gasteiger partial charge in [-0.15, -0.1) is 23.5 Å². The summed E-state index contributed by atoms with van der Waals surface area (Å²) in [7, 11) is 0. The van der Waals surface area contributed by atoms with Crippen LogP contribution >= 0.6 is 23.5 Å². The van der Waals surface area contributed by atoms with E-state index in [9.17, 15) is 14.4 Å². The minimum absolute atomic E-state index is 0.0329. The average Bonchev–Trinajstić information content (AvgIpc) is 3.01. The summed E-state index contributed by atoms with van der Waals surface area (Å²) >= 11 is 2.66. The molecule has 124 valence electrons. The molecule has 1 aromatic rings. The quantitative estimate of drug-likeness (QED) is 0.720. The van der Waals surface area contributed by atoms with Crippen molar-refractivity contribution in [2.45, 2.75) is 23.8 Å². The molecule has 23 heavy (non-hydrogen) atoms. The molecule has 1 amide bonds. The third kappa shape index (κ3) is 4.90. The van der Waals surface area contributed by atoms with E-state index in [1.807, 2.05) is 24.3 Å². The molecule has 1 saturated heterocycles. The molecule has 1 aliphatic heterocycles. The van der Waals surface area contributed by atoms with Crippen LogP contribution in [0.25, 0.3) is 0 Å². The van der Waals surface area contributed by atoms with Crippen LogP contribution in [0.2, 0.25) is 0 Å². The standard InChI is InChI=1S/C15H17NO5S2/c17-13(16-9-22-7-11(16)15(20)21)6-5-10-3-1-2-4-12(10)23-8-14(18)19/h1-4,11H,5-9H2,(H,18,19)(H,20,21)/t11-/m0/s1. The first kappa shape index (κ1) is 17.7. The van der Waals surface area contributed by atoms with Crippen LogP contribution in [0.3, 0.4) is 0 Å². The molecule has 2 N–H and O–H groups in total. The SMILES string of the molecule is O=C(O)CSc1ccccc1CCC(=O)N1CSC[C@H]1C(=O)O. The molecule has 0 spiro atoms. The van der Waals surface area contributed by atoms with Gasteiger partial charge in [0.15, 0.2) is 0 Å². The van der Waals surface area contributed by atoms with E-state index < -0.39 is 18.0 Å². The van der Waals surface area contributed by atoms with Crippen molar-refractivity contribution in [3.05, 3.63) is 29.8 Å². The molecule has 0 radical (unpaired) electrons. The second kappa shape index (κ2) is 8.26. The lowest BCUT2D eigenvalue weighted by Gasteiger charge is -2.20. The van der Waals surface area contributed by atoms with Gasteiger partial charge in [0.05, 0.1) is 11.6 Å². The number of hydrogen-bond donors (Lipinski definition) is 2. The minimum atomic E-state index is -0.972. The number of carbonyl (C=O) groups is 3. The fourth-order valence-electron chi connectivity index (χ4n) is 2.27. The van der Waals surface area contributed by atoms with Crippen LogP contribution in [0.1, 0.15) is 12.0 Å². The van der Waals surface area contributed by atoms with Crippen LogP contribution in [0.15, 0.2) is 29.2 Å². The molecule has 8 heteroatoms. The fraction of sp³-hybridized carbons (Fsp3) is 0.400. The first-order chi connectivity index (χ1) is 11.0. The van der Waals surface area contributed by atoms with Gasteiger partial charge in [-0.3, -0.25) is 9.59 Å². The molecule has 6 nitrogen and oxygen atoms in total. The van der Waals surface area contributed by atoms with E-state index in [2.05, 4.69) is 0 Å². The number of carboxylic acids is 2. The molecule has 2 rings (SSSR count). The topological polar surface area (TPSA) is 94.9 Å². The molecular formula is C15H17NO5S2. The van der Waals surface area contributed by atoms with Gasteiger partial charge >= 0.3 is 11.9 Å². The van der Waals surface area contributed by atoms with Crippen LogP contribution in [0, 0.1) is 0 Å². The summed E-state index contributed by atoms with van der Waals surface area (Å²) in [6.07, 6.45) is 0.685. The van der Waals surface area contributed by atoms with E-state index in [1.54, 1.807) is 0 Å². The van der Waals surface area contributed by atoms with Crippen molar-refractivity contribution in [1.82, 2.24) is 4.90 Å². The van der Waals surface area contributed by atoms with Gasteiger partial charge in [0.1, 0.15) is 6.04 Å². The molecule has 0 unspecified atom stereocenters. The monoisotopic (exact) mass is 355 g/mol. The Labute approximate surface area is 142 Å². The van der Waals surface area contributed by atoms with Crippen molar-refractivity contribution in [1.29, 1.82) is 0 Å². The maximum absolute atomic E-state index is 12.3. The highest BCUT2D eigenvalue weighted by Crippen LogP contribution is 2.25. The number of carboxylic acid groups (broad SMARTS) is 2. The second-order valence-corrected chi connectivity index (χ2v) is 7.02. The first-order valence-corrected chi connectivity index (χ1v) is 9.15. The number of aliphatic carboxylic acids is 2. The number of carbonyl (C=O) groups excluding carboxylic acids is 1. The predicted molar refractivity (Wildman–Crippen MR) is 88.7 cm³/mol. The predicted octanol–water partition coefficient (Wildman–Crippen LogP) is 1.78. The number of benzene rings is 1. The van der Waals surface area contributed by atoms with Crippen LogP contribution in [0.4, 0.5) is 0 Å². The van der Waals surface area contributed by atoms with Crippen molar-refractivity contribution >= 4 is 41.4 Å². The number of hydrogen-bond acceptors (Lipinski definition) is 5. The molecule has 0 aliphatic carbocycles. The minimum Gasteiger partial charge on any atom is -0.481 e. The van der Waals surface area contributed by atoms with Crippen molar-refractivity contribution in [3.63, 3.8) is 0 Å². The zero-order chi connectivity index (χ0) is 16.8. The zero-order valence-electron chi connectivity index (χ0n) is 12.3. The third-order valence-corrected chi connectivity index (χ3v) is 5.53. The first-order valence-electron chi connectivity index (χ1n) is 7.01. The maximum Gasteiger partial charge on any atom is 0.327 e. The van der Waals surface area contributed by atoms with E-state index in [4.69, 9.17) is 10.2 Å². The van der Waals surface area contributed by atoms with Crippen LogP contribution in [-0.4, -0.2) is 56.4 Å². The Balaban J connectivity index is 1.96. The zero-order valence-corrected chi connectivity index (χ0v) is 13.9. The van der Waals surface area contributed by atoms with Crippen molar-refractivity contribution in [2.24, 2.45) is 0 Å².